The van der Waals surface area contributed by atoms with E-state index >= 15 is 0 Å². The molecule has 3 aliphatic rings. The third kappa shape index (κ3) is 3.95. The number of carbonyl (C=O) groups excluding carboxylic acids is 1. The van der Waals surface area contributed by atoms with Crippen molar-refractivity contribution >= 4 is 15.9 Å². The SMILES string of the molecule is COCCNC(=O)[C@@H]1C[C@H]2CCCC[C@H]2N1S(=O)(=O)c1ccc2c(c1)OCCO2. The first-order valence-corrected chi connectivity index (χ1v) is 11.7. The van der Waals surface area contributed by atoms with Crippen LogP contribution in [0.4, 0.5) is 0 Å². The lowest BCUT2D eigenvalue weighted by Crippen LogP contribution is -2.49. The number of ether oxygens (including phenoxy) is 3. The molecule has 1 aliphatic carbocycles. The normalized spacial score (nSPS) is 26.7. The van der Waals surface area contributed by atoms with Gasteiger partial charge >= 0.3 is 0 Å². The molecule has 1 aromatic rings. The number of nitrogens with one attached hydrogen (secondary N) is 1. The summed E-state index contributed by atoms with van der Waals surface area (Å²) in [4.78, 5) is 13.0. The highest BCUT2D eigenvalue weighted by molar-refractivity contribution is 7.89. The first-order valence-electron chi connectivity index (χ1n) is 10.2. The van der Waals surface area contributed by atoms with Crippen molar-refractivity contribution in [3.8, 4) is 11.5 Å². The monoisotopic (exact) mass is 424 g/mol. The minimum Gasteiger partial charge on any atom is -0.486 e. The molecule has 29 heavy (non-hydrogen) atoms. The molecule has 0 radical (unpaired) electrons. The van der Waals surface area contributed by atoms with Crippen LogP contribution >= 0.6 is 0 Å². The van der Waals surface area contributed by atoms with Gasteiger partial charge in [0.2, 0.25) is 15.9 Å². The highest BCUT2D eigenvalue weighted by atomic mass is 32.2. The van der Waals surface area contributed by atoms with Crippen LogP contribution in [0.3, 0.4) is 0 Å². The smallest absolute Gasteiger partial charge is 0.244 e. The molecular formula is C20H28N2O6S. The highest BCUT2D eigenvalue weighted by Crippen LogP contribution is 2.43. The quantitative estimate of drug-likeness (QED) is 0.697. The molecule has 1 amide bonds. The first-order chi connectivity index (χ1) is 14.0. The lowest BCUT2D eigenvalue weighted by molar-refractivity contribution is -0.124. The van der Waals surface area contributed by atoms with E-state index in [0.717, 1.165) is 25.7 Å². The average molecular weight is 425 g/mol. The van der Waals surface area contributed by atoms with E-state index in [4.69, 9.17) is 14.2 Å². The maximum absolute atomic E-state index is 13.6. The van der Waals surface area contributed by atoms with Gasteiger partial charge in [-0.1, -0.05) is 12.8 Å². The summed E-state index contributed by atoms with van der Waals surface area (Å²) in [5.74, 6) is 0.935. The molecule has 2 aliphatic heterocycles. The van der Waals surface area contributed by atoms with Crippen molar-refractivity contribution in [2.45, 2.75) is 49.1 Å². The molecule has 2 fully saturated rings. The third-order valence-electron chi connectivity index (χ3n) is 6.03. The van der Waals surface area contributed by atoms with E-state index in [0.29, 0.717) is 44.3 Å². The minimum absolute atomic E-state index is 0.139. The van der Waals surface area contributed by atoms with Gasteiger partial charge in [-0.2, -0.15) is 4.31 Å². The summed E-state index contributed by atoms with van der Waals surface area (Å²) in [6.45, 7) is 1.58. The number of hydrogen-bond donors (Lipinski definition) is 1. The van der Waals surface area contributed by atoms with Crippen molar-refractivity contribution in [1.29, 1.82) is 0 Å². The van der Waals surface area contributed by atoms with Gasteiger partial charge in [-0.05, 0) is 37.3 Å². The van der Waals surface area contributed by atoms with E-state index in [-0.39, 0.29) is 22.8 Å². The summed E-state index contributed by atoms with van der Waals surface area (Å²) in [7, 11) is -2.30. The van der Waals surface area contributed by atoms with Crippen LogP contribution in [0.25, 0.3) is 0 Å². The largest absolute Gasteiger partial charge is 0.486 e. The van der Waals surface area contributed by atoms with Crippen LogP contribution < -0.4 is 14.8 Å². The van der Waals surface area contributed by atoms with E-state index in [2.05, 4.69) is 5.32 Å². The Morgan fingerprint density at radius 1 is 1.21 bits per heavy atom. The molecule has 3 atom stereocenters. The second-order valence-corrected chi connectivity index (χ2v) is 9.63. The maximum Gasteiger partial charge on any atom is 0.244 e. The number of sulfonamides is 1. The molecule has 1 aromatic carbocycles. The van der Waals surface area contributed by atoms with Gasteiger partial charge in [-0.15, -0.1) is 0 Å². The Balaban J connectivity index is 1.65. The molecule has 2 heterocycles. The molecule has 8 nitrogen and oxygen atoms in total. The molecule has 160 valence electrons. The zero-order valence-corrected chi connectivity index (χ0v) is 17.4. The topological polar surface area (TPSA) is 94.2 Å². The van der Waals surface area contributed by atoms with Crippen molar-refractivity contribution in [3.63, 3.8) is 0 Å². The summed E-state index contributed by atoms with van der Waals surface area (Å²) < 4.78 is 44.8. The first kappa shape index (κ1) is 20.4. The summed E-state index contributed by atoms with van der Waals surface area (Å²) in [5.41, 5.74) is 0. The zero-order valence-electron chi connectivity index (χ0n) is 16.6. The zero-order chi connectivity index (χ0) is 20.4. The van der Waals surface area contributed by atoms with E-state index < -0.39 is 16.1 Å². The number of fused-ring (bicyclic) bond motifs is 2. The van der Waals surface area contributed by atoms with Gasteiger partial charge in [0.15, 0.2) is 11.5 Å². The molecule has 0 bridgehead atoms. The minimum atomic E-state index is -3.86. The molecule has 0 aromatic heterocycles. The Kier molecular flexibility index (Phi) is 5.98. The van der Waals surface area contributed by atoms with Crippen LogP contribution in [-0.2, 0) is 19.6 Å². The third-order valence-corrected chi connectivity index (χ3v) is 7.96. The van der Waals surface area contributed by atoms with Gasteiger partial charge in [0, 0.05) is 25.8 Å². The van der Waals surface area contributed by atoms with Crippen LogP contribution in [0.5, 0.6) is 11.5 Å². The van der Waals surface area contributed by atoms with Crippen LogP contribution in [-0.4, -0.2) is 64.2 Å². The number of benzene rings is 1. The van der Waals surface area contributed by atoms with Crippen molar-refractivity contribution in [2.24, 2.45) is 5.92 Å². The van der Waals surface area contributed by atoms with Gasteiger partial charge in [0.1, 0.15) is 19.3 Å². The van der Waals surface area contributed by atoms with Crippen molar-refractivity contribution in [1.82, 2.24) is 9.62 Å². The standard InChI is InChI=1S/C20H28N2O6S/c1-26-9-8-21-20(23)17-12-14-4-2-3-5-16(14)22(17)29(24,25)15-6-7-18-19(13-15)28-11-10-27-18/h6-7,13-14,16-17H,2-5,8-12H2,1H3,(H,21,23)/t14-,16-,17+/m1/s1. The Bertz CT molecular complexity index is 859. The molecule has 4 rings (SSSR count). The van der Waals surface area contributed by atoms with E-state index in [9.17, 15) is 13.2 Å². The Morgan fingerprint density at radius 3 is 2.76 bits per heavy atom. The molecule has 1 N–H and O–H groups in total. The molecule has 1 saturated heterocycles. The van der Waals surface area contributed by atoms with Gasteiger partial charge in [-0.25, -0.2) is 8.42 Å². The van der Waals surface area contributed by atoms with Crippen LogP contribution in [0.2, 0.25) is 0 Å². The number of carbonyl (C=O) groups is 1. The van der Waals surface area contributed by atoms with Crippen LogP contribution in [0.15, 0.2) is 23.1 Å². The molecule has 0 unspecified atom stereocenters. The number of methoxy groups -OCH3 is 1. The maximum atomic E-state index is 13.6. The second-order valence-electron chi connectivity index (χ2n) is 7.79. The summed E-state index contributed by atoms with van der Waals surface area (Å²) in [6.07, 6.45) is 4.37. The van der Waals surface area contributed by atoms with Crippen molar-refractivity contribution in [2.75, 3.05) is 33.5 Å². The van der Waals surface area contributed by atoms with Crippen LogP contribution in [0, 0.1) is 5.92 Å². The van der Waals surface area contributed by atoms with Gasteiger partial charge in [0.25, 0.3) is 0 Å². The number of rotatable bonds is 6. The van der Waals surface area contributed by atoms with Crippen molar-refractivity contribution < 1.29 is 27.4 Å². The second kappa shape index (κ2) is 8.49. The lowest BCUT2D eigenvalue weighted by Gasteiger charge is -2.33. The van der Waals surface area contributed by atoms with Crippen molar-refractivity contribution in [3.05, 3.63) is 18.2 Å². The number of hydrogen-bond acceptors (Lipinski definition) is 6. The summed E-state index contributed by atoms with van der Waals surface area (Å²) in [6, 6.07) is 3.85. The summed E-state index contributed by atoms with van der Waals surface area (Å²) >= 11 is 0. The van der Waals surface area contributed by atoms with Gasteiger partial charge in [-0.3, -0.25) is 4.79 Å². The Hall–Kier alpha value is -1.84. The predicted molar refractivity (Wildman–Crippen MR) is 105 cm³/mol. The fraction of sp³-hybridized carbons (Fsp3) is 0.650. The van der Waals surface area contributed by atoms with Gasteiger partial charge < -0.3 is 19.5 Å². The number of nitrogens with zero attached hydrogens (tertiary/aromatic N) is 1. The fourth-order valence-electron chi connectivity index (χ4n) is 4.69. The summed E-state index contributed by atoms with van der Waals surface area (Å²) in [5, 5.41) is 2.82. The number of amides is 1. The Morgan fingerprint density at radius 2 is 1.97 bits per heavy atom. The lowest BCUT2D eigenvalue weighted by atomic mass is 9.85. The molecule has 9 heteroatoms. The molecular weight excluding hydrogens is 396 g/mol. The highest BCUT2D eigenvalue weighted by Gasteiger charge is 2.51. The van der Waals surface area contributed by atoms with E-state index in [1.54, 1.807) is 19.2 Å². The fourth-order valence-corrected chi connectivity index (χ4v) is 6.58. The Labute approximate surface area is 171 Å². The van der Waals surface area contributed by atoms with E-state index in [1.165, 1.54) is 10.4 Å². The predicted octanol–water partition coefficient (Wildman–Crippen LogP) is 1.54. The average Bonchev–Trinajstić information content (AvgIpc) is 3.14. The molecule has 0 spiro atoms. The van der Waals surface area contributed by atoms with Gasteiger partial charge in [0.05, 0.1) is 11.5 Å². The molecule has 1 saturated carbocycles. The van der Waals surface area contributed by atoms with E-state index in [1.807, 2.05) is 0 Å². The van der Waals surface area contributed by atoms with Crippen LogP contribution in [0.1, 0.15) is 32.1 Å².